The number of carboxylic acids is 1. The molecule has 1 aromatic carbocycles. The predicted molar refractivity (Wildman–Crippen MR) is 71.9 cm³/mol. The lowest BCUT2D eigenvalue weighted by molar-refractivity contribution is -0.138. The molecule has 0 saturated heterocycles. The summed E-state index contributed by atoms with van der Waals surface area (Å²) in [5.74, 6) is -0.603. The fraction of sp³-hybridized carbons (Fsp3) is 0.308. The van der Waals surface area contributed by atoms with E-state index in [-0.39, 0.29) is 13.1 Å². The van der Waals surface area contributed by atoms with E-state index in [2.05, 4.69) is 20.4 Å². The van der Waals surface area contributed by atoms with Crippen LogP contribution < -0.4 is 0 Å². The number of hydrogen-bond donors (Lipinski definition) is 1. The number of alkyl halides is 1. The summed E-state index contributed by atoms with van der Waals surface area (Å²) >= 11 is 0. The number of carbonyl (C=O) groups is 1. The van der Waals surface area contributed by atoms with Crippen molar-refractivity contribution in [2.75, 3.05) is 19.8 Å². The van der Waals surface area contributed by atoms with Crippen molar-refractivity contribution in [3.8, 4) is 11.4 Å². The van der Waals surface area contributed by atoms with Crippen LogP contribution in [0.15, 0.2) is 30.6 Å². The molecule has 0 amide bonds. The van der Waals surface area contributed by atoms with Gasteiger partial charge in [-0.2, -0.15) is 0 Å². The minimum absolute atomic E-state index is 0.0709. The maximum atomic E-state index is 12.5. The molecule has 2 rings (SSSR count). The SMILES string of the molecule is O=C(O)CN(CCF)Cc1cccc(-c2nncnn2)c1. The third-order valence-electron chi connectivity index (χ3n) is 2.76. The summed E-state index contributed by atoms with van der Waals surface area (Å²) in [6.45, 7) is -0.402. The molecule has 21 heavy (non-hydrogen) atoms. The van der Waals surface area contributed by atoms with E-state index < -0.39 is 12.6 Å². The van der Waals surface area contributed by atoms with Crippen LogP contribution in [-0.2, 0) is 11.3 Å². The molecule has 8 heteroatoms. The summed E-state index contributed by atoms with van der Waals surface area (Å²) in [5, 5.41) is 23.9. The van der Waals surface area contributed by atoms with E-state index >= 15 is 0 Å². The van der Waals surface area contributed by atoms with Crippen molar-refractivity contribution < 1.29 is 14.3 Å². The molecule has 0 fully saturated rings. The Balaban J connectivity index is 2.15. The maximum absolute atomic E-state index is 12.5. The van der Waals surface area contributed by atoms with Crippen LogP contribution in [0.2, 0.25) is 0 Å². The topological polar surface area (TPSA) is 92.1 Å². The first kappa shape index (κ1) is 14.9. The van der Waals surface area contributed by atoms with Gasteiger partial charge in [-0.3, -0.25) is 9.69 Å². The minimum Gasteiger partial charge on any atom is -0.480 e. The number of hydrogen-bond acceptors (Lipinski definition) is 6. The molecule has 110 valence electrons. The number of aromatic nitrogens is 4. The molecule has 1 N–H and O–H groups in total. The van der Waals surface area contributed by atoms with Crippen LogP contribution in [0.5, 0.6) is 0 Å². The van der Waals surface area contributed by atoms with Gasteiger partial charge in [-0.25, -0.2) is 4.39 Å². The van der Waals surface area contributed by atoms with Crippen LogP contribution >= 0.6 is 0 Å². The van der Waals surface area contributed by atoms with Gasteiger partial charge in [0.25, 0.3) is 0 Å². The molecular formula is C13H14FN5O2. The second-order valence-corrected chi connectivity index (χ2v) is 4.36. The number of carboxylic acid groups (broad SMARTS) is 1. The van der Waals surface area contributed by atoms with Crippen molar-refractivity contribution >= 4 is 5.97 Å². The number of nitrogens with zero attached hydrogens (tertiary/aromatic N) is 5. The summed E-state index contributed by atoms with van der Waals surface area (Å²) in [6, 6.07) is 7.25. The molecule has 0 aliphatic heterocycles. The second kappa shape index (κ2) is 7.34. The summed E-state index contributed by atoms with van der Waals surface area (Å²) < 4.78 is 12.5. The Morgan fingerprint density at radius 3 is 2.71 bits per heavy atom. The molecule has 0 saturated carbocycles. The Kier molecular flexibility index (Phi) is 5.22. The van der Waals surface area contributed by atoms with E-state index in [0.717, 1.165) is 11.1 Å². The zero-order valence-electron chi connectivity index (χ0n) is 11.2. The molecular weight excluding hydrogens is 277 g/mol. The van der Waals surface area contributed by atoms with Gasteiger partial charge in [0.2, 0.25) is 5.82 Å². The van der Waals surface area contributed by atoms with E-state index in [4.69, 9.17) is 5.11 Å². The first-order chi connectivity index (χ1) is 10.2. The lowest BCUT2D eigenvalue weighted by atomic mass is 10.1. The molecule has 1 aromatic heterocycles. The van der Waals surface area contributed by atoms with Gasteiger partial charge in [0, 0.05) is 18.7 Å². The summed E-state index contributed by atoms with van der Waals surface area (Å²) in [4.78, 5) is 12.3. The largest absolute Gasteiger partial charge is 0.480 e. The molecule has 0 aliphatic rings. The van der Waals surface area contributed by atoms with Crippen molar-refractivity contribution in [2.45, 2.75) is 6.54 Å². The van der Waals surface area contributed by atoms with E-state index in [0.29, 0.717) is 12.4 Å². The molecule has 0 radical (unpaired) electrons. The Morgan fingerprint density at radius 2 is 2.05 bits per heavy atom. The predicted octanol–water partition coefficient (Wildman–Crippen LogP) is 0.790. The molecule has 0 bridgehead atoms. The highest BCUT2D eigenvalue weighted by Gasteiger charge is 2.11. The molecule has 0 spiro atoms. The highest BCUT2D eigenvalue weighted by Crippen LogP contribution is 2.16. The monoisotopic (exact) mass is 291 g/mol. The molecule has 0 aliphatic carbocycles. The van der Waals surface area contributed by atoms with Crippen LogP contribution in [0, 0.1) is 0 Å². The first-order valence-corrected chi connectivity index (χ1v) is 6.29. The fourth-order valence-corrected chi connectivity index (χ4v) is 1.91. The van der Waals surface area contributed by atoms with Gasteiger partial charge >= 0.3 is 5.97 Å². The third-order valence-corrected chi connectivity index (χ3v) is 2.76. The van der Waals surface area contributed by atoms with Crippen molar-refractivity contribution in [2.24, 2.45) is 0 Å². The van der Waals surface area contributed by atoms with E-state index in [9.17, 15) is 9.18 Å². The van der Waals surface area contributed by atoms with Gasteiger partial charge in [-0.15, -0.1) is 20.4 Å². The lowest BCUT2D eigenvalue weighted by Gasteiger charge is -2.18. The van der Waals surface area contributed by atoms with Crippen LogP contribution in [0.3, 0.4) is 0 Å². The minimum atomic E-state index is -0.987. The Hall–Kier alpha value is -2.48. The zero-order chi connectivity index (χ0) is 15.1. The van der Waals surface area contributed by atoms with Gasteiger partial charge in [-0.1, -0.05) is 18.2 Å². The van der Waals surface area contributed by atoms with Crippen molar-refractivity contribution in [3.05, 3.63) is 36.2 Å². The average molecular weight is 291 g/mol. The van der Waals surface area contributed by atoms with Gasteiger partial charge in [0.1, 0.15) is 6.67 Å². The van der Waals surface area contributed by atoms with Crippen LogP contribution in [0.4, 0.5) is 4.39 Å². The van der Waals surface area contributed by atoms with Crippen molar-refractivity contribution in [3.63, 3.8) is 0 Å². The van der Waals surface area contributed by atoms with Gasteiger partial charge in [-0.05, 0) is 11.6 Å². The highest BCUT2D eigenvalue weighted by molar-refractivity contribution is 5.69. The molecule has 0 atom stereocenters. The Bertz CT molecular complexity index is 596. The summed E-state index contributed by atoms with van der Waals surface area (Å²) in [5.41, 5.74) is 1.57. The van der Waals surface area contributed by atoms with Crippen LogP contribution in [0.25, 0.3) is 11.4 Å². The fourth-order valence-electron chi connectivity index (χ4n) is 1.91. The molecule has 2 aromatic rings. The Morgan fingerprint density at radius 1 is 1.29 bits per heavy atom. The van der Waals surface area contributed by atoms with Crippen molar-refractivity contribution in [1.29, 1.82) is 0 Å². The molecule has 1 heterocycles. The van der Waals surface area contributed by atoms with Crippen LogP contribution in [0.1, 0.15) is 5.56 Å². The van der Waals surface area contributed by atoms with Gasteiger partial charge in [0.15, 0.2) is 6.33 Å². The van der Waals surface area contributed by atoms with E-state index in [1.54, 1.807) is 12.1 Å². The Labute approximate surface area is 120 Å². The normalized spacial score (nSPS) is 10.8. The molecule has 0 unspecified atom stereocenters. The maximum Gasteiger partial charge on any atom is 0.317 e. The van der Waals surface area contributed by atoms with Crippen molar-refractivity contribution in [1.82, 2.24) is 25.3 Å². The van der Waals surface area contributed by atoms with Gasteiger partial charge in [0.05, 0.1) is 6.54 Å². The number of rotatable bonds is 7. The molecule has 7 nitrogen and oxygen atoms in total. The highest BCUT2D eigenvalue weighted by atomic mass is 19.1. The average Bonchev–Trinajstić information content (AvgIpc) is 2.48. The number of benzene rings is 1. The smallest absolute Gasteiger partial charge is 0.317 e. The summed E-state index contributed by atoms with van der Waals surface area (Å²) in [7, 11) is 0. The number of halogens is 1. The van der Waals surface area contributed by atoms with Crippen LogP contribution in [-0.4, -0.2) is 56.1 Å². The summed E-state index contributed by atoms with van der Waals surface area (Å²) in [6.07, 6.45) is 1.24. The van der Waals surface area contributed by atoms with Gasteiger partial charge < -0.3 is 5.11 Å². The third kappa shape index (κ3) is 4.53. The first-order valence-electron chi connectivity index (χ1n) is 6.29. The standard InChI is InChI=1S/C13H14FN5O2/c14-4-5-19(8-12(20)21)7-10-2-1-3-11(6-10)13-17-15-9-16-18-13/h1-3,6,9H,4-5,7-8H2,(H,20,21). The number of aliphatic carboxylic acids is 1. The lowest BCUT2D eigenvalue weighted by Crippen LogP contribution is -2.31. The second-order valence-electron chi connectivity index (χ2n) is 4.36. The quantitative estimate of drug-likeness (QED) is 0.806. The zero-order valence-corrected chi connectivity index (χ0v) is 11.2. The van der Waals surface area contributed by atoms with E-state index in [1.165, 1.54) is 11.2 Å². The van der Waals surface area contributed by atoms with E-state index in [1.807, 2.05) is 12.1 Å².